The number of methoxy groups -OCH3 is 1. The zero-order valence-corrected chi connectivity index (χ0v) is 15.3. The molecule has 2 rings (SSSR count). The predicted octanol–water partition coefficient (Wildman–Crippen LogP) is 3.08. The minimum atomic E-state index is -0.550. The molecule has 0 aromatic heterocycles. The molecule has 8 heteroatoms. The zero-order valence-electron chi connectivity index (χ0n) is 15.3. The third-order valence-electron chi connectivity index (χ3n) is 3.44. The van der Waals surface area contributed by atoms with E-state index in [1.54, 1.807) is 19.9 Å². The molecule has 2 aromatic rings. The fourth-order valence-electron chi connectivity index (χ4n) is 2.32. The number of rotatable bonds is 8. The largest absolute Gasteiger partial charge is 0.493 e. The van der Waals surface area contributed by atoms with Crippen molar-refractivity contribution in [2.45, 2.75) is 26.4 Å². The monoisotopic (exact) mass is 371 g/mol. The lowest BCUT2D eigenvalue weighted by molar-refractivity contribution is -0.386. The molecule has 0 unspecified atom stereocenters. The Labute approximate surface area is 157 Å². The van der Waals surface area contributed by atoms with Crippen LogP contribution < -0.4 is 14.9 Å². The topological polar surface area (TPSA) is 103 Å². The highest BCUT2D eigenvalue weighted by atomic mass is 16.6. The number of hydrogen-bond acceptors (Lipinski definition) is 6. The van der Waals surface area contributed by atoms with Crippen molar-refractivity contribution in [3.8, 4) is 11.5 Å². The molecule has 0 heterocycles. The number of carbonyl (C=O) groups excluding carboxylic acids is 1. The molecular weight excluding hydrogens is 350 g/mol. The average molecular weight is 371 g/mol. The SMILES string of the molecule is COc1cc(/C=N\NC(=O)Cc2ccccc2)cc([N+](=O)[O-])c1OC(C)C. The maximum Gasteiger partial charge on any atom is 0.315 e. The van der Waals surface area contributed by atoms with Gasteiger partial charge in [0.05, 0.1) is 30.8 Å². The van der Waals surface area contributed by atoms with Crippen LogP contribution in [0.25, 0.3) is 0 Å². The van der Waals surface area contributed by atoms with E-state index in [0.29, 0.717) is 5.56 Å². The Kier molecular flexibility index (Phi) is 6.87. The summed E-state index contributed by atoms with van der Waals surface area (Å²) >= 11 is 0. The Morgan fingerprint density at radius 3 is 2.59 bits per heavy atom. The van der Waals surface area contributed by atoms with Gasteiger partial charge in [0.25, 0.3) is 0 Å². The summed E-state index contributed by atoms with van der Waals surface area (Å²) in [5.74, 6) is -0.0172. The van der Waals surface area contributed by atoms with Crippen molar-refractivity contribution in [1.82, 2.24) is 5.43 Å². The van der Waals surface area contributed by atoms with Gasteiger partial charge in [-0.15, -0.1) is 0 Å². The van der Waals surface area contributed by atoms with Crippen molar-refractivity contribution in [2.75, 3.05) is 7.11 Å². The Morgan fingerprint density at radius 1 is 1.30 bits per heavy atom. The maximum absolute atomic E-state index is 11.9. The number of hydrogen-bond donors (Lipinski definition) is 1. The fraction of sp³-hybridized carbons (Fsp3) is 0.263. The summed E-state index contributed by atoms with van der Waals surface area (Å²) in [4.78, 5) is 22.7. The quantitative estimate of drug-likeness (QED) is 0.436. The molecule has 0 atom stereocenters. The summed E-state index contributed by atoms with van der Waals surface area (Å²) in [5.41, 5.74) is 3.42. The lowest BCUT2D eigenvalue weighted by atomic mass is 10.1. The summed E-state index contributed by atoms with van der Waals surface area (Å²) in [6.07, 6.45) is 1.25. The van der Waals surface area contributed by atoms with E-state index in [1.807, 2.05) is 30.3 Å². The first-order valence-electron chi connectivity index (χ1n) is 8.29. The molecule has 0 aliphatic heterocycles. The van der Waals surface area contributed by atoms with Crippen LogP contribution in [0.15, 0.2) is 47.6 Å². The molecule has 0 aliphatic rings. The summed E-state index contributed by atoms with van der Waals surface area (Å²) in [6.45, 7) is 3.53. The molecule has 0 saturated heterocycles. The van der Waals surface area contributed by atoms with E-state index in [2.05, 4.69) is 10.5 Å². The average Bonchev–Trinajstić information content (AvgIpc) is 2.62. The van der Waals surface area contributed by atoms with Crippen LogP contribution in [0.4, 0.5) is 5.69 Å². The zero-order chi connectivity index (χ0) is 19.8. The Hall–Kier alpha value is -3.42. The van der Waals surface area contributed by atoms with Gasteiger partial charge < -0.3 is 9.47 Å². The van der Waals surface area contributed by atoms with Gasteiger partial charge in [-0.25, -0.2) is 5.43 Å². The van der Waals surface area contributed by atoms with E-state index in [4.69, 9.17) is 9.47 Å². The van der Waals surface area contributed by atoms with Crippen LogP contribution in [0.1, 0.15) is 25.0 Å². The lowest BCUT2D eigenvalue weighted by Crippen LogP contribution is -2.19. The maximum atomic E-state index is 11.9. The van der Waals surface area contributed by atoms with Gasteiger partial charge in [0, 0.05) is 11.6 Å². The number of amides is 1. The van der Waals surface area contributed by atoms with Gasteiger partial charge in [-0.1, -0.05) is 30.3 Å². The fourth-order valence-corrected chi connectivity index (χ4v) is 2.32. The molecule has 1 N–H and O–H groups in total. The normalized spacial score (nSPS) is 10.8. The third-order valence-corrected chi connectivity index (χ3v) is 3.44. The lowest BCUT2D eigenvalue weighted by Gasteiger charge is -2.14. The molecule has 0 saturated carbocycles. The van der Waals surface area contributed by atoms with Crippen LogP contribution in [-0.4, -0.2) is 30.3 Å². The van der Waals surface area contributed by atoms with Crippen LogP contribution in [0.3, 0.4) is 0 Å². The highest BCUT2D eigenvalue weighted by Crippen LogP contribution is 2.38. The summed E-state index contributed by atoms with van der Waals surface area (Å²) in [7, 11) is 1.40. The van der Waals surface area contributed by atoms with E-state index < -0.39 is 4.92 Å². The number of nitro benzene ring substituents is 1. The second-order valence-electron chi connectivity index (χ2n) is 5.95. The number of benzene rings is 2. The van der Waals surface area contributed by atoms with Gasteiger partial charge in [0.2, 0.25) is 11.7 Å². The summed E-state index contributed by atoms with van der Waals surface area (Å²) in [6, 6.07) is 12.1. The molecule has 27 heavy (non-hydrogen) atoms. The first-order valence-corrected chi connectivity index (χ1v) is 8.29. The van der Waals surface area contributed by atoms with Gasteiger partial charge >= 0.3 is 5.69 Å². The Bertz CT molecular complexity index is 835. The molecule has 2 aromatic carbocycles. The van der Waals surface area contributed by atoms with Gasteiger partial charge in [-0.05, 0) is 25.5 Å². The molecule has 0 bridgehead atoms. The third kappa shape index (κ3) is 5.81. The second kappa shape index (κ2) is 9.33. The highest BCUT2D eigenvalue weighted by Gasteiger charge is 2.23. The number of nitrogens with one attached hydrogen (secondary N) is 1. The number of nitrogens with zero attached hydrogens (tertiary/aromatic N) is 2. The van der Waals surface area contributed by atoms with E-state index in [-0.39, 0.29) is 35.6 Å². The minimum absolute atomic E-state index is 0.0581. The summed E-state index contributed by atoms with van der Waals surface area (Å²) < 4.78 is 10.7. The van der Waals surface area contributed by atoms with Crippen LogP contribution in [-0.2, 0) is 11.2 Å². The van der Waals surface area contributed by atoms with E-state index >= 15 is 0 Å². The highest BCUT2D eigenvalue weighted by molar-refractivity contribution is 5.85. The van der Waals surface area contributed by atoms with Crippen molar-refractivity contribution in [3.05, 3.63) is 63.7 Å². The predicted molar refractivity (Wildman–Crippen MR) is 101 cm³/mol. The van der Waals surface area contributed by atoms with Crippen LogP contribution in [0, 0.1) is 10.1 Å². The molecule has 142 valence electrons. The smallest absolute Gasteiger partial charge is 0.315 e. The van der Waals surface area contributed by atoms with Gasteiger partial charge in [-0.2, -0.15) is 5.10 Å². The van der Waals surface area contributed by atoms with Crippen molar-refractivity contribution in [2.24, 2.45) is 5.10 Å². The van der Waals surface area contributed by atoms with Crippen LogP contribution in [0.2, 0.25) is 0 Å². The van der Waals surface area contributed by atoms with Crippen molar-refractivity contribution in [1.29, 1.82) is 0 Å². The number of hydrazone groups is 1. The van der Waals surface area contributed by atoms with Crippen molar-refractivity contribution >= 4 is 17.8 Å². The second-order valence-corrected chi connectivity index (χ2v) is 5.95. The Morgan fingerprint density at radius 2 is 2.00 bits per heavy atom. The molecule has 8 nitrogen and oxygen atoms in total. The number of ether oxygens (including phenoxy) is 2. The van der Waals surface area contributed by atoms with Gasteiger partial charge in [-0.3, -0.25) is 14.9 Å². The minimum Gasteiger partial charge on any atom is -0.493 e. The molecule has 1 amide bonds. The van der Waals surface area contributed by atoms with Crippen molar-refractivity contribution in [3.63, 3.8) is 0 Å². The molecule has 0 spiro atoms. The van der Waals surface area contributed by atoms with Crippen LogP contribution >= 0.6 is 0 Å². The van der Waals surface area contributed by atoms with Gasteiger partial charge in [0.1, 0.15) is 0 Å². The van der Waals surface area contributed by atoms with E-state index in [0.717, 1.165) is 5.56 Å². The van der Waals surface area contributed by atoms with Crippen LogP contribution in [0.5, 0.6) is 11.5 Å². The van der Waals surface area contributed by atoms with Crippen molar-refractivity contribution < 1.29 is 19.2 Å². The molecule has 0 radical (unpaired) electrons. The summed E-state index contributed by atoms with van der Waals surface area (Å²) in [5, 5.41) is 15.2. The number of nitro groups is 1. The van der Waals surface area contributed by atoms with E-state index in [9.17, 15) is 14.9 Å². The first-order chi connectivity index (χ1) is 12.9. The molecular formula is C19H21N3O5. The Balaban J connectivity index is 2.15. The first kappa shape index (κ1) is 19.9. The van der Waals surface area contributed by atoms with E-state index in [1.165, 1.54) is 19.4 Å². The van der Waals surface area contributed by atoms with Gasteiger partial charge in [0.15, 0.2) is 5.75 Å². The molecule has 0 aliphatic carbocycles. The number of carbonyl (C=O) groups is 1. The molecule has 0 fully saturated rings. The standard InChI is InChI=1S/C19H21N3O5/c1-13(2)27-19-16(22(24)25)9-15(10-17(19)26-3)12-20-21-18(23)11-14-7-5-4-6-8-14/h4-10,12-13H,11H2,1-3H3,(H,21,23)/b20-12-.